The van der Waals surface area contributed by atoms with Gasteiger partial charge in [0.25, 0.3) is 0 Å². The van der Waals surface area contributed by atoms with Crippen LogP contribution in [0.2, 0.25) is 10.0 Å². The van der Waals surface area contributed by atoms with Crippen LogP contribution >= 0.6 is 35.6 Å². The molecule has 9 heteroatoms. The second-order valence-corrected chi connectivity index (χ2v) is 4.34. The number of rotatable bonds is 3. The lowest BCUT2D eigenvalue weighted by molar-refractivity contribution is -0.111. The van der Waals surface area contributed by atoms with Gasteiger partial charge in [-0.2, -0.15) is 10.1 Å². The molecule has 1 heterocycles. The molecule has 104 valence electrons. The van der Waals surface area contributed by atoms with Crippen molar-refractivity contribution in [3.05, 3.63) is 33.8 Å². The van der Waals surface area contributed by atoms with Crippen molar-refractivity contribution in [2.24, 2.45) is 21.5 Å². The molecule has 0 radical (unpaired) electrons. The molecule has 0 aromatic heterocycles. The summed E-state index contributed by atoms with van der Waals surface area (Å²) in [6.07, 6.45) is 0. The van der Waals surface area contributed by atoms with Gasteiger partial charge >= 0.3 is 0 Å². The molecule has 0 saturated carbocycles. The predicted octanol–water partition coefficient (Wildman–Crippen LogP) is 1.75. The second-order valence-electron chi connectivity index (χ2n) is 3.53. The lowest BCUT2D eigenvalue weighted by Crippen LogP contribution is -2.41. The van der Waals surface area contributed by atoms with Crippen LogP contribution in [-0.4, -0.2) is 23.7 Å². The van der Waals surface area contributed by atoms with Crippen LogP contribution in [0.3, 0.4) is 0 Å². The number of nitrogens with two attached hydrogens (primary N) is 2. The summed E-state index contributed by atoms with van der Waals surface area (Å²) >= 11 is 11.7. The van der Waals surface area contributed by atoms with Gasteiger partial charge in [-0.1, -0.05) is 29.3 Å². The molecule has 19 heavy (non-hydrogen) atoms. The Bertz CT molecular complexity index is 520. The normalized spacial score (nSPS) is 14.5. The van der Waals surface area contributed by atoms with Crippen LogP contribution in [0.15, 0.2) is 28.2 Å². The zero-order valence-corrected chi connectivity index (χ0v) is 12.0. The maximum Gasteiger partial charge on any atom is 0.225 e. The first-order valence-corrected chi connectivity index (χ1v) is 5.80. The molecule has 1 aliphatic heterocycles. The molecule has 0 saturated heterocycles. The van der Waals surface area contributed by atoms with E-state index in [2.05, 4.69) is 9.98 Å². The Balaban J connectivity index is 0.00000180. The summed E-state index contributed by atoms with van der Waals surface area (Å²) in [5, 5.41) is 2.32. The molecule has 0 spiro atoms. The third kappa shape index (κ3) is 4.14. The molecule has 0 bridgehead atoms. The first-order chi connectivity index (χ1) is 8.56. The standard InChI is InChI=1S/C10H11Cl2N5O.ClH/c11-7-2-1-6(3-8(7)12)4-18-17-5-15-9(13)16-10(17)14;/h1-3H,4-5H2,(H4,13,14,15,16);1H. The minimum Gasteiger partial charge on any atom is -0.368 e. The number of hydrogen-bond donors (Lipinski definition) is 2. The van der Waals surface area contributed by atoms with Crippen molar-refractivity contribution in [2.45, 2.75) is 6.61 Å². The van der Waals surface area contributed by atoms with Crippen LogP contribution < -0.4 is 11.5 Å². The van der Waals surface area contributed by atoms with E-state index in [1.165, 1.54) is 5.06 Å². The van der Waals surface area contributed by atoms with Gasteiger partial charge in [0, 0.05) is 0 Å². The summed E-state index contributed by atoms with van der Waals surface area (Å²) < 4.78 is 0. The molecule has 1 aromatic carbocycles. The van der Waals surface area contributed by atoms with Crippen LogP contribution in [0.5, 0.6) is 0 Å². The molecule has 0 aliphatic carbocycles. The lowest BCUT2D eigenvalue weighted by Gasteiger charge is -2.23. The van der Waals surface area contributed by atoms with Gasteiger partial charge in [-0.25, -0.2) is 4.99 Å². The average Bonchev–Trinajstić information content (AvgIpc) is 2.32. The molecule has 1 aliphatic rings. The Hall–Kier alpha value is -1.21. The number of aliphatic imine (C=N–C) groups is 2. The number of hydrogen-bond acceptors (Lipinski definition) is 6. The first kappa shape index (κ1) is 15.8. The Morgan fingerprint density at radius 1 is 1.26 bits per heavy atom. The topological polar surface area (TPSA) is 89.2 Å². The summed E-state index contributed by atoms with van der Waals surface area (Å²) in [6.45, 7) is 0.491. The number of guanidine groups is 2. The minimum atomic E-state index is 0. The molecule has 6 nitrogen and oxygen atoms in total. The molecular weight excluding hydrogens is 313 g/mol. The summed E-state index contributed by atoms with van der Waals surface area (Å²) in [6, 6.07) is 5.23. The fraction of sp³-hybridized carbons (Fsp3) is 0.200. The van der Waals surface area contributed by atoms with E-state index in [1.54, 1.807) is 12.1 Å². The van der Waals surface area contributed by atoms with Crippen LogP contribution in [-0.2, 0) is 11.4 Å². The summed E-state index contributed by atoms with van der Waals surface area (Å²) in [5.41, 5.74) is 11.9. The maximum atomic E-state index is 5.90. The zero-order chi connectivity index (χ0) is 13.1. The van der Waals surface area contributed by atoms with E-state index in [1.807, 2.05) is 6.07 Å². The van der Waals surface area contributed by atoms with E-state index in [4.69, 9.17) is 39.5 Å². The van der Waals surface area contributed by atoms with Gasteiger partial charge < -0.3 is 11.5 Å². The third-order valence-electron chi connectivity index (χ3n) is 2.22. The monoisotopic (exact) mass is 323 g/mol. The highest BCUT2D eigenvalue weighted by Gasteiger charge is 2.13. The smallest absolute Gasteiger partial charge is 0.225 e. The van der Waals surface area contributed by atoms with E-state index < -0.39 is 0 Å². The van der Waals surface area contributed by atoms with Crippen molar-refractivity contribution < 1.29 is 4.84 Å². The zero-order valence-electron chi connectivity index (χ0n) is 9.72. The van der Waals surface area contributed by atoms with E-state index in [9.17, 15) is 0 Å². The molecule has 0 atom stereocenters. The van der Waals surface area contributed by atoms with E-state index >= 15 is 0 Å². The number of benzene rings is 1. The molecule has 0 unspecified atom stereocenters. The van der Waals surface area contributed by atoms with E-state index in [0.717, 1.165) is 5.56 Å². The first-order valence-electron chi connectivity index (χ1n) is 5.05. The van der Waals surface area contributed by atoms with Gasteiger partial charge in [0.2, 0.25) is 11.9 Å². The largest absolute Gasteiger partial charge is 0.368 e. The fourth-order valence-electron chi connectivity index (χ4n) is 1.31. The van der Waals surface area contributed by atoms with Crippen LogP contribution in [0.1, 0.15) is 5.56 Å². The van der Waals surface area contributed by atoms with Gasteiger partial charge in [0.15, 0.2) is 0 Å². The Morgan fingerprint density at radius 2 is 2.00 bits per heavy atom. The highest BCUT2D eigenvalue weighted by molar-refractivity contribution is 6.42. The summed E-state index contributed by atoms with van der Waals surface area (Å²) in [5.74, 6) is 0.310. The van der Waals surface area contributed by atoms with Crippen molar-refractivity contribution in [3.8, 4) is 0 Å². The molecular formula is C10H12Cl3N5O. The Morgan fingerprint density at radius 3 is 2.63 bits per heavy atom. The second kappa shape index (κ2) is 6.81. The number of halogens is 3. The maximum absolute atomic E-state index is 5.90. The quantitative estimate of drug-likeness (QED) is 0.886. The van der Waals surface area contributed by atoms with Gasteiger partial charge in [-0.15, -0.1) is 12.4 Å². The average molecular weight is 325 g/mol. The van der Waals surface area contributed by atoms with Crippen molar-refractivity contribution in [1.82, 2.24) is 5.06 Å². The van der Waals surface area contributed by atoms with Crippen molar-refractivity contribution >= 4 is 47.5 Å². The number of nitrogens with zero attached hydrogens (tertiary/aromatic N) is 3. The van der Waals surface area contributed by atoms with Crippen LogP contribution in [0, 0.1) is 0 Å². The van der Waals surface area contributed by atoms with Gasteiger partial charge in [-0.05, 0) is 17.7 Å². The SMILES string of the molecule is Cl.NC1=NCN(OCc2ccc(Cl)c(Cl)c2)C(N)=N1. The third-order valence-corrected chi connectivity index (χ3v) is 2.96. The van der Waals surface area contributed by atoms with Gasteiger partial charge in [-0.3, -0.25) is 4.84 Å². The number of hydroxylamine groups is 2. The molecule has 2 rings (SSSR count). The van der Waals surface area contributed by atoms with Crippen molar-refractivity contribution in [1.29, 1.82) is 0 Å². The van der Waals surface area contributed by atoms with E-state index in [0.29, 0.717) is 10.0 Å². The molecule has 0 amide bonds. The molecule has 4 N–H and O–H groups in total. The van der Waals surface area contributed by atoms with Crippen molar-refractivity contribution in [2.75, 3.05) is 6.67 Å². The molecule has 1 aromatic rings. The highest BCUT2D eigenvalue weighted by Crippen LogP contribution is 2.23. The molecule has 0 fully saturated rings. The Kier molecular flexibility index (Phi) is 5.68. The highest BCUT2D eigenvalue weighted by atomic mass is 35.5. The minimum absolute atomic E-state index is 0. The van der Waals surface area contributed by atoms with Crippen LogP contribution in [0.4, 0.5) is 0 Å². The Labute approximate surface area is 126 Å². The fourth-order valence-corrected chi connectivity index (χ4v) is 1.63. The lowest BCUT2D eigenvalue weighted by atomic mass is 10.2. The summed E-state index contributed by atoms with van der Waals surface area (Å²) in [4.78, 5) is 13.1. The van der Waals surface area contributed by atoms with Crippen LogP contribution in [0.25, 0.3) is 0 Å². The van der Waals surface area contributed by atoms with Gasteiger partial charge in [0.1, 0.15) is 13.3 Å². The predicted molar refractivity (Wildman–Crippen MR) is 78.4 cm³/mol. The van der Waals surface area contributed by atoms with Gasteiger partial charge in [0.05, 0.1) is 10.0 Å². The summed E-state index contributed by atoms with van der Waals surface area (Å²) in [7, 11) is 0. The van der Waals surface area contributed by atoms with E-state index in [-0.39, 0.29) is 37.6 Å². The van der Waals surface area contributed by atoms with Crippen molar-refractivity contribution in [3.63, 3.8) is 0 Å².